The molecule has 1 aliphatic rings. The molecule has 3 N–H and O–H groups in total. The number of benzene rings is 1. The van der Waals surface area contributed by atoms with Crippen molar-refractivity contribution in [2.24, 2.45) is 5.92 Å². The fourth-order valence-corrected chi connectivity index (χ4v) is 2.59. The number of aliphatic hydroxyl groups is 1. The molecule has 2 aromatic rings. The van der Waals surface area contributed by atoms with Crippen LogP contribution in [-0.4, -0.2) is 41.9 Å². The van der Waals surface area contributed by atoms with Gasteiger partial charge in [0.25, 0.3) is 5.91 Å². The van der Waals surface area contributed by atoms with Crippen molar-refractivity contribution in [1.82, 2.24) is 15.8 Å². The van der Waals surface area contributed by atoms with Crippen LogP contribution in [0.2, 0.25) is 5.02 Å². The quantitative estimate of drug-likeness (QED) is 0.790. The number of nitrogens with zero attached hydrogens (tertiary/aromatic N) is 1. The molecule has 0 bridgehead atoms. The van der Waals surface area contributed by atoms with E-state index in [1.54, 1.807) is 24.3 Å². The second-order valence-corrected chi connectivity index (χ2v) is 5.72. The lowest BCUT2D eigenvalue weighted by Crippen LogP contribution is -2.34. The Balaban J connectivity index is 1.64. The smallest absolute Gasteiger partial charge is 0.289 e. The second kappa shape index (κ2) is 6.48. The first-order valence-electron chi connectivity index (χ1n) is 7.03. The lowest BCUT2D eigenvalue weighted by Gasteiger charge is -2.12. The van der Waals surface area contributed by atoms with Crippen LogP contribution >= 0.6 is 11.6 Å². The van der Waals surface area contributed by atoms with E-state index in [-0.39, 0.29) is 17.6 Å². The normalized spacial score (nSPS) is 21.0. The van der Waals surface area contributed by atoms with Crippen LogP contribution in [0.1, 0.15) is 10.6 Å². The zero-order chi connectivity index (χ0) is 15.5. The molecular formula is C15H16ClN3O3. The summed E-state index contributed by atoms with van der Waals surface area (Å²) in [5, 5.41) is 20.0. The maximum absolute atomic E-state index is 12.0. The zero-order valence-electron chi connectivity index (χ0n) is 11.8. The Hall–Kier alpha value is -1.89. The van der Waals surface area contributed by atoms with E-state index in [0.717, 1.165) is 5.56 Å². The lowest BCUT2D eigenvalue weighted by atomic mass is 10.1. The van der Waals surface area contributed by atoms with Crippen molar-refractivity contribution >= 4 is 17.5 Å². The molecule has 6 nitrogen and oxygen atoms in total. The topological polar surface area (TPSA) is 87.4 Å². The molecule has 0 radical (unpaired) electrons. The van der Waals surface area contributed by atoms with Gasteiger partial charge < -0.3 is 20.3 Å². The predicted molar refractivity (Wildman–Crippen MR) is 81.6 cm³/mol. The summed E-state index contributed by atoms with van der Waals surface area (Å²) in [7, 11) is 0. The Morgan fingerprint density at radius 2 is 2.32 bits per heavy atom. The van der Waals surface area contributed by atoms with Gasteiger partial charge in [0.2, 0.25) is 5.76 Å². The molecule has 0 aliphatic carbocycles. The molecule has 2 heterocycles. The minimum atomic E-state index is -0.433. The summed E-state index contributed by atoms with van der Waals surface area (Å²) in [5.74, 6) is -0.199. The fraction of sp³-hybridized carbons (Fsp3) is 0.333. The molecule has 0 saturated carbocycles. The second-order valence-electron chi connectivity index (χ2n) is 5.28. The number of aromatic nitrogens is 1. The molecule has 22 heavy (non-hydrogen) atoms. The van der Waals surface area contributed by atoms with Gasteiger partial charge in [0.05, 0.1) is 6.10 Å². The molecule has 1 aromatic carbocycles. The monoisotopic (exact) mass is 321 g/mol. The van der Waals surface area contributed by atoms with E-state index in [0.29, 0.717) is 30.4 Å². The number of rotatable bonds is 4. The lowest BCUT2D eigenvalue weighted by molar-refractivity contribution is 0.0891. The number of aliphatic hydroxyl groups excluding tert-OH is 1. The molecule has 1 aliphatic heterocycles. The van der Waals surface area contributed by atoms with Crippen LogP contribution in [-0.2, 0) is 0 Å². The van der Waals surface area contributed by atoms with Crippen LogP contribution in [0.4, 0.5) is 0 Å². The Bertz CT molecular complexity index is 674. The molecule has 1 fully saturated rings. The molecular weight excluding hydrogens is 306 g/mol. The largest absolute Gasteiger partial charge is 0.391 e. The Morgan fingerprint density at radius 3 is 3.05 bits per heavy atom. The van der Waals surface area contributed by atoms with Gasteiger partial charge in [-0.2, -0.15) is 0 Å². The van der Waals surface area contributed by atoms with Gasteiger partial charge >= 0.3 is 0 Å². The van der Waals surface area contributed by atoms with E-state index in [4.69, 9.17) is 16.1 Å². The maximum Gasteiger partial charge on any atom is 0.289 e. The number of hydrogen-bond acceptors (Lipinski definition) is 5. The van der Waals surface area contributed by atoms with Crippen molar-refractivity contribution in [3.05, 3.63) is 41.1 Å². The van der Waals surface area contributed by atoms with Gasteiger partial charge in [0.1, 0.15) is 5.69 Å². The first kappa shape index (κ1) is 15.0. The molecule has 0 spiro atoms. The number of carbonyl (C=O) groups excluding carboxylic acids is 1. The first-order chi connectivity index (χ1) is 10.6. The zero-order valence-corrected chi connectivity index (χ0v) is 12.5. The van der Waals surface area contributed by atoms with Gasteiger partial charge in [-0.1, -0.05) is 28.9 Å². The van der Waals surface area contributed by atoms with E-state index < -0.39 is 6.10 Å². The molecule has 3 rings (SSSR count). The summed E-state index contributed by atoms with van der Waals surface area (Å²) >= 11 is 5.93. The van der Waals surface area contributed by atoms with Crippen molar-refractivity contribution in [2.45, 2.75) is 6.10 Å². The van der Waals surface area contributed by atoms with Gasteiger partial charge in [0, 0.05) is 42.2 Å². The molecule has 7 heteroatoms. The third kappa shape index (κ3) is 3.30. The number of β-amino-alcohol motifs (C(OH)–C–C–N with tert-alkyl or cyclic N) is 1. The highest BCUT2D eigenvalue weighted by molar-refractivity contribution is 6.30. The van der Waals surface area contributed by atoms with E-state index in [1.807, 2.05) is 6.07 Å². The third-order valence-electron chi connectivity index (χ3n) is 3.68. The van der Waals surface area contributed by atoms with E-state index in [9.17, 15) is 9.90 Å². The average molecular weight is 322 g/mol. The van der Waals surface area contributed by atoms with Gasteiger partial charge in [-0.15, -0.1) is 0 Å². The first-order valence-corrected chi connectivity index (χ1v) is 7.41. The van der Waals surface area contributed by atoms with Crippen LogP contribution < -0.4 is 10.6 Å². The highest BCUT2D eigenvalue weighted by Crippen LogP contribution is 2.22. The van der Waals surface area contributed by atoms with Gasteiger partial charge in [-0.3, -0.25) is 4.79 Å². The summed E-state index contributed by atoms with van der Waals surface area (Å²) < 4.78 is 5.08. The Labute approximate surface area is 132 Å². The van der Waals surface area contributed by atoms with Crippen molar-refractivity contribution in [2.75, 3.05) is 19.6 Å². The number of hydrogen-bond donors (Lipinski definition) is 3. The minimum Gasteiger partial charge on any atom is -0.391 e. The molecule has 2 atom stereocenters. The summed E-state index contributed by atoms with van der Waals surface area (Å²) in [6, 6.07) is 8.73. The van der Waals surface area contributed by atoms with Crippen molar-refractivity contribution in [3.8, 4) is 11.3 Å². The standard InChI is InChI=1S/C15H16ClN3O3/c16-11-3-1-2-9(4-11)12-5-14(22-19-12)15(21)18-7-10-6-17-8-13(10)20/h1-5,10,13,17,20H,6-8H2,(H,18,21). The van der Waals surface area contributed by atoms with Crippen LogP contribution in [0, 0.1) is 5.92 Å². The third-order valence-corrected chi connectivity index (χ3v) is 3.92. The molecule has 1 amide bonds. The average Bonchev–Trinajstić information content (AvgIpc) is 3.14. The Kier molecular flexibility index (Phi) is 4.42. The van der Waals surface area contributed by atoms with Crippen molar-refractivity contribution < 1.29 is 14.4 Å². The molecule has 1 aromatic heterocycles. The predicted octanol–water partition coefficient (Wildman–Crippen LogP) is 1.31. The number of amides is 1. The van der Waals surface area contributed by atoms with E-state index in [2.05, 4.69) is 15.8 Å². The van der Waals surface area contributed by atoms with Crippen LogP contribution in [0.15, 0.2) is 34.9 Å². The van der Waals surface area contributed by atoms with Crippen molar-refractivity contribution in [3.63, 3.8) is 0 Å². The fourth-order valence-electron chi connectivity index (χ4n) is 2.40. The SMILES string of the molecule is O=C(NCC1CNCC1O)c1cc(-c2cccc(Cl)c2)no1. The number of carbonyl (C=O) groups is 1. The molecule has 1 saturated heterocycles. The number of nitrogens with one attached hydrogen (secondary N) is 2. The van der Waals surface area contributed by atoms with Crippen LogP contribution in [0.5, 0.6) is 0 Å². The van der Waals surface area contributed by atoms with Crippen LogP contribution in [0.25, 0.3) is 11.3 Å². The maximum atomic E-state index is 12.0. The Morgan fingerprint density at radius 1 is 1.45 bits per heavy atom. The highest BCUT2D eigenvalue weighted by atomic mass is 35.5. The summed E-state index contributed by atoms with van der Waals surface area (Å²) in [5.41, 5.74) is 1.33. The summed E-state index contributed by atoms with van der Waals surface area (Å²) in [6.45, 7) is 1.63. The molecule has 2 unspecified atom stereocenters. The van der Waals surface area contributed by atoms with E-state index in [1.165, 1.54) is 0 Å². The minimum absolute atomic E-state index is 0.0132. The number of halogens is 1. The highest BCUT2D eigenvalue weighted by Gasteiger charge is 2.25. The van der Waals surface area contributed by atoms with Gasteiger partial charge in [0.15, 0.2) is 0 Å². The van der Waals surface area contributed by atoms with E-state index >= 15 is 0 Å². The van der Waals surface area contributed by atoms with Crippen molar-refractivity contribution in [1.29, 1.82) is 0 Å². The van der Waals surface area contributed by atoms with Crippen LogP contribution in [0.3, 0.4) is 0 Å². The summed E-state index contributed by atoms with van der Waals surface area (Å²) in [4.78, 5) is 12.0. The van der Waals surface area contributed by atoms with Gasteiger partial charge in [-0.05, 0) is 12.1 Å². The molecule has 116 valence electrons. The van der Waals surface area contributed by atoms with Gasteiger partial charge in [-0.25, -0.2) is 0 Å². The summed E-state index contributed by atoms with van der Waals surface area (Å²) in [6.07, 6.45) is -0.433.